The molecule has 3 N–H and O–H groups in total. The van der Waals surface area contributed by atoms with E-state index < -0.39 is 14.9 Å². The Morgan fingerprint density at radius 3 is 2.62 bits per heavy atom. The summed E-state index contributed by atoms with van der Waals surface area (Å²) in [4.78, 5) is 10.1. The van der Waals surface area contributed by atoms with Gasteiger partial charge in [-0.15, -0.1) is 0 Å². The summed E-state index contributed by atoms with van der Waals surface area (Å²) in [5.74, 6) is 0.597. The van der Waals surface area contributed by atoms with Crippen LogP contribution in [0.5, 0.6) is 0 Å². The monoisotopic (exact) mass is 311 g/mol. The Bertz CT molecular complexity index is 755. The third-order valence-electron chi connectivity index (χ3n) is 2.84. The highest BCUT2D eigenvalue weighted by Gasteiger charge is 2.21. The number of nitrogens with two attached hydrogens (primary N) is 1. The molecule has 9 heteroatoms. The average Bonchev–Trinajstić information content (AvgIpc) is 2.91. The number of nitro benzene ring substituents is 1. The Kier molecular flexibility index (Phi) is 3.96. The van der Waals surface area contributed by atoms with Crippen molar-refractivity contribution >= 4 is 21.4 Å². The van der Waals surface area contributed by atoms with Gasteiger partial charge in [-0.05, 0) is 31.2 Å². The maximum Gasteiger partial charge on any atom is 0.293 e. The second-order valence-corrected chi connectivity index (χ2v) is 5.92. The van der Waals surface area contributed by atoms with E-state index in [0.717, 1.165) is 6.07 Å². The van der Waals surface area contributed by atoms with E-state index in [1.165, 1.54) is 18.4 Å². The van der Waals surface area contributed by atoms with Crippen molar-refractivity contribution in [3.8, 4) is 0 Å². The molecular weight excluding hydrogens is 298 g/mol. The van der Waals surface area contributed by atoms with Crippen molar-refractivity contribution in [2.75, 3.05) is 5.32 Å². The van der Waals surface area contributed by atoms with Crippen LogP contribution >= 0.6 is 0 Å². The van der Waals surface area contributed by atoms with Gasteiger partial charge in [0.1, 0.15) is 11.4 Å². The highest BCUT2D eigenvalue weighted by Crippen LogP contribution is 2.30. The SMILES string of the molecule is CC(Nc1ccc(S(N)(=O)=O)cc1[N+](=O)[O-])c1ccco1. The Balaban J connectivity index is 2.38. The lowest BCUT2D eigenvalue weighted by atomic mass is 10.2. The number of furan rings is 1. The van der Waals surface area contributed by atoms with E-state index in [9.17, 15) is 18.5 Å². The van der Waals surface area contributed by atoms with Gasteiger partial charge in [0.15, 0.2) is 0 Å². The summed E-state index contributed by atoms with van der Waals surface area (Å²) >= 11 is 0. The Labute approximate surface area is 120 Å². The van der Waals surface area contributed by atoms with Crippen LogP contribution < -0.4 is 10.5 Å². The number of benzene rings is 1. The van der Waals surface area contributed by atoms with Crippen molar-refractivity contribution in [1.82, 2.24) is 0 Å². The second-order valence-electron chi connectivity index (χ2n) is 4.36. The molecule has 0 saturated carbocycles. The number of rotatable bonds is 5. The fourth-order valence-corrected chi connectivity index (χ4v) is 2.34. The highest BCUT2D eigenvalue weighted by molar-refractivity contribution is 7.89. The molecule has 112 valence electrons. The molecule has 1 unspecified atom stereocenters. The minimum Gasteiger partial charge on any atom is -0.467 e. The summed E-state index contributed by atoms with van der Waals surface area (Å²) in [5.41, 5.74) is -0.198. The first-order valence-corrected chi connectivity index (χ1v) is 7.45. The first-order valence-electron chi connectivity index (χ1n) is 5.90. The molecule has 0 aliphatic rings. The maximum absolute atomic E-state index is 11.2. The molecule has 0 bridgehead atoms. The van der Waals surface area contributed by atoms with Gasteiger partial charge in [0.25, 0.3) is 5.69 Å². The van der Waals surface area contributed by atoms with Gasteiger partial charge in [0, 0.05) is 6.07 Å². The summed E-state index contributed by atoms with van der Waals surface area (Å²) in [6.45, 7) is 1.76. The molecule has 1 heterocycles. The molecule has 1 atom stereocenters. The Morgan fingerprint density at radius 1 is 1.38 bits per heavy atom. The van der Waals surface area contributed by atoms with Crippen LogP contribution in [-0.4, -0.2) is 13.3 Å². The second kappa shape index (κ2) is 5.54. The molecule has 0 aliphatic heterocycles. The van der Waals surface area contributed by atoms with Gasteiger partial charge in [-0.2, -0.15) is 0 Å². The zero-order chi connectivity index (χ0) is 15.6. The third kappa shape index (κ3) is 3.38. The lowest BCUT2D eigenvalue weighted by Crippen LogP contribution is -2.13. The molecule has 1 aromatic heterocycles. The minimum absolute atomic E-state index is 0.177. The Hall–Kier alpha value is -2.39. The normalized spacial score (nSPS) is 12.9. The van der Waals surface area contributed by atoms with Crippen molar-refractivity contribution in [2.24, 2.45) is 5.14 Å². The lowest BCUT2D eigenvalue weighted by Gasteiger charge is -2.13. The molecule has 21 heavy (non-hydrogen) atoms. The summed E-state index contributed by atoms with van der Waals surface area (Å²) in [6, 6.07) is 6.54. The van der Waals surface area contributed by atoms with Gasteiger partial charge in [0.2, 0.25) is 10.0 Å². The molecule has 0 saturated heterocycles. The van der Waals surface area contributed by atoms with Crippen LogP contribution in [0, 0.1) is 10.1 Å². The molecule has 2 rings (SSSR count). The fourth-order valence-electron chi connectivity index (χ4n) is 1.80. The maximum atomic E-state index is 11.2. The highest BCUT2D eigenvalue weighted by atomic mass is 32.2. The van der Waals surface area contributed by atoms with Crippen LogP contribution in [0.3, 0.4) is 0 Å². The zero-order valence-corrected chi connectivity index (χ0v) is 11.8. The fraction of sp³-hybridized carbons (Fsp3) is 0.167. The van der Waals surface area contributed by atoms with Crippen LogP contribution in [0.1, 0.15) is 18.7 Å². The standard InChI is InChI=1S/C12H13N3O5S/c1-8(12-3-2-6-20-12)14-10-5-4-9(21(13,18)19)7-11(10)15(16)17/h2-8,14H,1H3,(H2,13,18,19). The number of hydrogen-bond acceptors (Lipinski definition) is 6. The molecule has 0 amide bonds. The van der Waals surface area contributed by atoms with Crippen molar-refractivity contribution < 1.29 is 17.8 Å². The van der Waals surface area contributed by atoms with Crippen LogP contribution in [0.25, 0.3) is 0 Å². The molecule has 0 radical (unpaired) electrons. The number of hydrogen-bond donors (Lipinski definition) is 2. The molecule has 1 aromatic carbocycles. The van der Waals surface area contributed by atoms with E-state index in [1.54, 1.807) is 19.1 Å². The minimum atomic E-state index is -4.00. The number of primary sulfonamides is 1. The Morgan fingerprint density at radius 2 is 2.10 bits per heavy atom. The summed E-state index contributed by atoms with van der Waals surface area (Å²) in [6.07, 6.45) is 1.49. The number of anilines is 1. The average molecular weight is 311 g/mol. The number of nitrogens with one attached hydrogen (secondary N) is 1. The van der Waals surface area contributed by atoms with E-state index in [2.05, 4.69) is 5.32 Å². The smallest absolute Gasteiger partial charge is 0.293 e. The molecule has 2 aromatic rings. The van der Waals surface area contributed by atoms with Crippen LogP contribution in [0.4, 0.5) is 11.4 Å². The topological polar surface area (TPSA) is 128 Å². The molecule has 8 nitrogen and oxygen atoms in total. The van der Waals surface area contributed by atoms with Gasteiger partial charge in [-0.3, -0.25) is 10.1 Å². The molecule has 0 fully saturated rings. The van der Waals surface area contributed by atoms with Gasteiger partial charge in [-0.25, -0.2) is 13.6 Å². The van der Waals surface area contributed by atoms with Gasteiger partial charge in [0.05, 0.1) is 22.1 Å². The van der Waals surface area contributed by atoms with Crippen LogP contribution in [-0.2, 0) is 10.0 Å². The van der Waals surface area contributed by atoms with E-state index in [0.29, 0.717) is 5.76 Å². The number of sulfonamides is 1. The van der Waals surface area contributed by atoms with Crippen LogP contribution in [0.15, 0.2) is 45.9 Å². The first kappa shape index (κ1) is 15.0. The van der Waals surface area contributed by atoms with Crippen LogP contribution in [0.2, 0.25) is 0 Å². The van der Waals surface area contributed by atoms with E-state index in [1.807, 2.05) is 0 Å². The first-order chi connectivity index (χ1) is 9.79. The quantitative estimate of drug-likeness (QED) is 0.642. The predicted octanol–water partition coefficient (Wildman–Crippen LogP) is 2.01. The third-order valence-corrected chi connectivity index (χ3v) is 3.75. The van der Waals surface area contributed by atoms with E-state index >= 15 is 0 Å². The van der Waals surface area contributed by atoms with Gasteiger partial charge < -0.3 is 9.73 Å². The largest absolute Gasteiger partial charge is 0.467 e. The molecular formula is C12H13N3O5S. The number of nitrogens with zero attached hydrogens (tertiary/aromatic N) is 1. The van der Waals surface area contributed by atoms with E-state index in [4.69, 9.17) is 9.56 Å². The van der Waals surface area contributed by atoms with Gasteiger partial charge >= 0.3 is 0 Å². The predicted molar refractivity (Wildman–Crippen MR) is 75.2 cm³/mol. The number of nitro groups is 1. The summed E-state index contributed by atoms with van der Waals surface area (Å²) in [5, 5.41) is 18.9. The van der Waals surface area contributed by atoms with Gasteiger partial charge in [-0.1, -0.05) is 0 Å². The van der Waals surface area contributed by atoms with Crippen molar-refractivity contribution in [1.29, 1.82) is 0 Å². The zero-order valence-electron chi connectivity index (χ0n) is 11.0. The van der Waals surface area contributed by atoms with Crippen molar-refractivity contribution in [3.63, 3.8) is 0 Å². The molecule has 0 aliphatic carbocycles. The van der Waals surface area contributed by atoms with Crippen molar-refractivity contribution in [3.05, 3.63) is 52.5 Å². The summed E-state index contributed by atoms with van der Waals surface area (Å²) < 4.78 is 27.7. The lowest BCUT2D eigenvalue weighted by molar-refractivity contribution is -0.384. The molecule has 0 spiro atoms. The summed E-state index contributed by atoms with van der Waals surface area (Å²) in [7, 11) is -4.00. The van der Waals surface area contributed by atoms with Crippen molar-refractivity contribution in [2.45, 2.75) is 17.9 Å². The van der Waals surface area contributed by atoms with E-state index in [-0.39, 0.29) is 22.3 Å².